The number of ether oxygens (including phenoxy) is 1. The summed E-state index contributed by atoms with van der Waals surface area (Å²) in [5.74, 6) is 0.0182. The van der Waals surface area contributed by atoms with Gasteiger partial charge in [0.1, 0.15) is 5.60 Å². The number of aliphatic hydroxyl groups excluding tert-OH is 1. The van der Waals surface area contributed by atoms with Crippen molar-refractivity contribution in [2.45, 2.75) is 25.4 Å². The van der Waals surface area contributed by atoms with Gasteiger partial charge in [-0.05, 0) is 30.2 Å². The fraction of sp³-hybridized carbons (Fsp3) is 0.400. The van der Waals surface area contributed by atoms with Crippen molar-refractivity contribution in [2.24, 2.45) is 0 Å². The van der Waals surface area contributed by atoms with E-state index in [1.54, 1.807) is 11.1 Å². The van der Waals surface area contributed by atoms with Gasteiger partial charge in [-0.2, -0.15) is 0 Å². The molecule has 1 saturated heterocycles. The van der Waals surface area contributed by atoms with E-state index in [0.29, 0.717) is 26.1 Å². The lowest BCUT2D eigenvalue weighted by Gasteiger charge is -2.42. The first-order valence-electron chi connectivity index (χ1n) is 8.59. The first-order chi connectivity index (χ1) is 12.1. The number of amides is 1. The van der Waals surface area contributed by atoms with E-state index in [1.165, 1.54) is 0 Å². The number of carbonyl (C=O) groups excluding carboxylic acids is 1. The summed E-state index contributed by atoms with van der Waals surface area (Å²) in [5, 5.41) is 10.0. The number of rotatable bonds is 5. The van der Waals surface area contributed by atoms with Crippen molar-refractivity contribution in [1.29, 1.82) is 0 Å². The molecule has 0 unspecified atom stereocenters. The Labute approximate surface area is 148 Å². The predicted molar refractivity (Wildman–Crippen MR) is 95.2 cm³/mol. The number of aromatic nitrogens is 1. The van der Waals surface area contributed by atoms with Gasteiger partial charge in [-0.15, -0.1) is 0 Å². The van der Waals surface area contributed by atoms with Crippen LogP contribution in [0.15, 0.2) is 48.7 Å². The van der Waals surface area contributed by atoms with Gasteiger partial charge in [0.25, 0.3) is 0 Å². The van der Waals surface area contributed by atoms with Crippen LogP contribution in [0.1, 0.15) is 16.8 Å². The van der Waals surface area contributed by atoms with E-state index < -0.39 is 5.60 Å². The van der Waals surface area contributed by atoms with Gasteiger partial charge in [0.05, 0.1) is 26.2 Å². The van der Waals surface area contributed by atoms with Gasteiger partial charge in [0.15, 0.2) is 0 Å². The molecule has 0 radical (unpaired) electrons. The molecule has 1 fully saturated rings. The first kappa shape index (κ1) is 17.6. The van der Waals surface area contributed by atoms with Crippen molar-refractivity contribution in [1.82, 2.24) is 9.88 Å². The molecule has 1 aromatic heterocycles. The number of carbonyl (C=O) groups is 1. The van der Waals surface area contributed by atoms with E-state index in [1.807, 2.05) is 49.4 Å². The van der Waals surface area contributed by atoms with E-state index >= 15 is 0 Å². The molecule has 0 saturated carbocycles. The van der Waals surface area contributed by atoms with Gasteiger partial charge in [0.2, 0.25) is 5.91 Å². The number of pyridine rings is 1. The van der Waals surface area contributed by atoms with Crippen molar-refractivity contribution in [2.75, 3.05) is 26.3 Å². The van der Waals surface area contributed by atoms with Crippen LogP contribution in [0, 0.1) is 6.92 Å². The number of nitrogens with zero attached hydrogens (tertiary/aromatic N) is 2. The fourth-order valence-corrected chi connectivity index (χ4v) is 3.24. The maximum Gasteiger partial charge on any atom is 0.228 e. The third-order valence-electron chi connectivity index (χ3n) is 4.72. The minimum absolute atomic E-state index is 0.0182. The summed E-state index contributed by atoms with van der Waals surface area (Å²) >= 11 is 0. The summed E-state index contributed by atoms with van der Waals surface area (Å²) in [6.07, 6.45) is 2.55. The van der Waals surface area contributed by atoms with E-state index in [9.17, 15) is 9.90 Å². The molecule has 1 aliphatic rings. The van der Waals surface area contributed by atoms with Crippen LogP contribution in [0.4, 0.5) is 0 Å². The molecule has 0 spiro atoms. The molecular weight excluding hydrogens is 316 g/mol. The molecule has 1 aromatic carbocycles. The summed E-state index contributed by atoms with van der Waals surface area (Å²) in [4.78, 5) is 18.6. The van der Waals surface area contributed by atoms with Crippen LogP contribution >= 0.6 is 0 Å². The van der Waals surface area contributed by atoms with E-state index in [-0.39, 0.29) is 18.9 Å². The molecule has 2 aromatic rings. The van der Waals surface area contributed by atoms with Crippen LogP contribution in [-0.4, -0.2) is 52.8 Å². The number of morpholine rings is 1. The zero-order valence-corrected chi connectivity index (χ0v) is 14.5. The quantitative estimate of drug-likeness (QED) is 0.901. The zero-order valence-electron chi connectivity index (χ0n) is 14.5. The van der Waals surface area contributed by atoms with Gasteiger partial charge in [-0.3, -0.25) is 9.78 Å². The highest BCUT2D eigenvalue weighted by Gasteiger charge is 2.38. The van der Waals surface area contributed by atoms with E-state index in [4.69, 9.17) is 4.74 Å². The Morgan fingerprint density at radius 3 is 2.80 bits per heavy atom. The van der Waals surface area contributed by atoms with Gasteiger partial charge in [0, 0.05) is 24.9 Å². The average Bonchev–Trinajstić information content (AvgIpc) is 2.65. The number of aliphatic hydroxyl groups is 1. The molecule has 0 bridgehead atoms. The third kappa shape index (κ3) is 4.24. The molecule has 1 atom stereocenters. The molecule has 5 nitrogen and oxygen atoms in total. The summed E-state index contributed by atoms with van der Waals surface area (Å²) in [5.41, 5.74) is 2.31. The Morgan fingerprint density at radius 2 is 2.08 bits per heavy atom. The lowest BCUT2D eigenvalue weighted by Crippen LogP contribution is -2.57. The van der Waals surface area contributed by atoms with Crippen LogP contribution in [0.25, 0.3) is 0 Å². The SMILES string of the molecule is Cc1ccccc1C[C@@]1(CO)CN(C(=O)Cc2ccccn2)CCO1. The van der Waals surface area contributed by atoms with Gasteiger partial charge in [-0.25, -0.2) is 0 Å². The highest BCUT2D eigenvalue weighted by atomic mass is 16.5. The second kappa shape index (κ2) is 7.76. The first-order valence-corrected chi connectivity index (χ1v) is 8.59. The number of hydrogen-bond donors (Lipinski definition) is 1. The van der Waals surface area contributed by atoms with Crippen molar-refractivity contribution in [3.63, 3.8) is 0 Å². The average molecular weight is 340 g/mol. The Bertz CT molecular complexity index is 720. The normalized spacial score (nSPS) is 20.5. The topological polar surface area (TPSA) is 62.7 Å². The molecule has 3 rings (SSSR count). The predicted octanol–water partition coefficient (Wildman–Crippen LogP) is 1.77. The summed E-state index contributed by atoms with van der Waals surface area (Å²) in [7, 11) is 0. The van der Waals surface area contributed by atoms with Crippen LogP contribution in [0.5, 0.6) is 0 Å². The van der Waals surface area contributed by atoms with Crippen LogP contribution in [-0.2, 0) is 22.4 Å². The number of aryl methyl sites for hydroxylation is 1. The monoisotopic (exact) mass is 340 g/mol. The zero-order chi connectivity index (χ0) is 17.7. The van der Waals surface area contributed by atoms with Crippen molar-refractivity contribution >= 4 is 5.91 Å². The standard InChI is InChI=1S/C20H24N2O3/c1-16-6-2-3-7-17(16)13-20(15-23)14-22(10-11-25-20)19(24)12-18-8-4-5-9-21-18/h2-9,23H,10-15H2,1H3/t20-/m0/s1. The van der Waals surface area contributed by atoms with Gasteiger partial charge in [-0.1, -0.05) is 30.3 Å². The number of hydrogen-bond acceptors (Lipinski definition) is 4. The molecule has 25 heavy (non-hydrogen) atoms. The van der Waals surface area contributed by atoms with Crippen LogP contribution in [0.3, 0.4) is 0 Å². The van der Waals surface area contributed by atoms with Crippen LogP contribution in [0.2, 0.25) is 0 Å². The molecule has 132 valence electrons. The second-order valence-corrected chi connectivity index (χ2v) is 6.61. The van der Waals surface area contributed by atoms with Gasteiger partial charge >= 0.3 is 0 Å². The highest BCUT2D eigenvalue weighted by molar-refractivity contribution is 5.78. The van der Waals surface area contributed by atoms with Crippen LogP contribution < -0.4 is 0 Å². The molecular formula is C20H24N2O3. The largest absolute Gasteiger partial charge is 0.393 e. The van der Waals surface area contributed by atoms with E-state index in [0.717, 1.165) is 16.8 Å². The smallest absolute Gasteiger partial charge is 0.228 e. The maximum absolute atomic E-state index is 12.6. The second-order valence-electron chi connectivity index (χ2n) is 6.61. The lowest BCUT2D eigenvalue weighted by atomic mass is 9.91. The molecule has 1 aliphatic heterocycles. The highest BCUT2D eigenvalue weighted by Crippen LogP contribution is 2.25. The Hall–Kier alpha value is -2.24. The minimum atomic E-state index is -0.746. The van der Waals surface area contributed by atoms with E-state index in [2.05, 4.69) is 4.98 Å². The lowest BCUT2D eigenvalue weighted by molar-refractivity contribution is -0.157. The molecule has 2 heterocycles. The van der Waals surface area contributed by atoms with Gasteiger partial charge < -0.3 is 14.7 Å². The summed E-state index contributed by atoms with van der Waals surface area (Å²) < 4.78 is 5.94. The summed E-state index contributed by atoms with van der Waals surface area (Å²) in [6.45, 7) is 3.30. The Kier molecular flexibility index (Phi) is 5.46. The van der Waals surface area contributed by atoms with Crippen molar-refractivity contribution in [3.05, 3.63) is 65.5 Å². The molecule has 0 aliphatic carbocycles. The Morgan fingerprint density at radius 1 is 1.28 bits per heavy atom. The van der Waals surface area contributed by atoms with Crippen molar-refractivity contribution < 1.29 is 14.6 Å². The Balaban J connectivity index is 1.71. The number of benzene rings is 1. The molecule has 1 amide bonds. The van der Waals surface area contributed by atoms with Crippen molar-refractivity contribution in [3.8, 4) is 0 Å². The fourth-order valence-electron chi connectivity index (χ4n) is 3.24. The molecule has 5 heteroatoms. The summed E-state index contributed by atoms with van der Waals surface area (Å²) in [6, 6.07) is 13.6. The maximum atomic E-state index is 12.6. The minimum Gasteiger partial charge on any atom is -0.393 e. The third-order valence-corrected chi connectivity index (χ3v) is 4.72. The molecule has 1 N–H and O–H groups in total.